The van der Waals surface area contributed by atoms with E-state index >= 15 is 0 Å². The molecule has 0 unspecified atom stereocenters. The van der Waals surface area contributed by atoms with E-state index in [-0.39, 0.29) is 16.7 Å². The summed E-state index contributed by atoms with van der Waals surface area (Å²) in [6.07, 6.45) is 3.20. The SMILES string of the molecule is Cc1ccc(C(=O)N2CCCC2)c(C2CCN(S(=O)(=O)c3ccc(C)c(F)c3)CC2)n1. The molecule has 4 rings (SSSR count). The van der Waals surface area contributed by atoms with Crippen molar-refractivity contribution in [3.63, 3.8) is 0 Å². The standard InChI is InChI=1S/C23H28FN3O3S/c1-16-5-7-19(15-21(16)24)31(29,30)27-13-9-18(10-14-27)22-20(8-6-17(2)25-22)23(28)26-11-3-4-12-26/h5-8,15,18H,3-4,9-14H2,1-2H3. The molecule has 1 aromatic carbocycles. The van der Waals surface area contributed by atoms with Gasteiger partial charge in [0.2, 0.25) is 10.0 Å². The summed E-state index contributed by atoms with van der Waals surface area (Å²) in [5.41, 5.74) is 2.67. The van der Waals surface area contributed by atoms with Crippen molar-refractivity contribution in [1.82, 2.24) is 14.2 Å². The topological polar surface area (TPSA) is 70.6 Å². The predicted octanol–water partition coefficient (Wildman–Crippen LogP) is 3.64. The maximum Gasteiger partial charge on any atom is 0.255 e. The van der Waals surface area contributed by atoms with Crippen LogP contribution >= 0.6 is 0 Å². The van der Waals surface area contributed by atoms with Gasteiger partial charge in [-0.05, 0) is 69.4 Å². The number of carbonyl (C=O) groups is 1. The number of likely N-dealkylation sites (tertiary alicyclic amines) is 1. The van der Waals surface area contributed by atoms with Crippen molar-refractivity contribution in [2.45, 2.75) is 50.3 Å². The molecule has 0 N–H and O–H groups in total. The van der Waals surface area contributed by atoms with Crippen molar-refractivity contribution in [2.24, 2.45) is 0 Å². The van der Waals surface area contributed by atoms with E-state index in [2.05, 4.69) is 0 Å². The Morgan fingerprint density at radius 3 is 2.35 bits per heavy atom. The summed E-state index contributed by atoms with van der Waals surface area (Å²) in [5.74, 6) is -0.488. The van der Waals surface area contributed by atoms with Gasteiger partial charge >= 0.3 is 0 Å². The fourth-order valence-corrected chi connectivity index (χ4v) is 5.89. The van der Waals surface area contributed by atoms with Gasteiger partial charge in [0, 0.05) is 37.8 Å². The van der Waals surface area contributed by atoms with Crippen molar-refractivity contribution >= 4 is 15.9 Å². The summed E-state index contributed by atoms with van der Waals surface area (Å²) in [7, 11) is -3.76. The highest BCUT2D eigenvalue weighted by Crippen LogP contribution is 2.33. The molecule has 2 fully saturated rings. The van der Waals surface area contributed by atoms with Crippen LogP contribution in [0, 0.1) is 19.7 Å². The Hall–Kier alpha value is -2.32. The molecule has 0 saturated carbocycles. The van der Waals surface area contributed by atoms with Crippen molar-refractivity contribution in [2.75, 3.05) is 26.2 Å². The van der Waals surface area contributed by atoms with Crippen molar-refractivity contribution in [3.8, 4) is 0 Å². The van der Waals surface area contributed by atoms with Crippen LogP contribution < -0.4 is 0 Å². The van der Waals surface area contributed by atoms with E-state index in [9.17, 15) is 17.6 Å². The predicted molar refractivity (Wildman–Crippen MR) is 116 cm³/mol. The van der Waals surface area contributed by atoms with E-state index in [4.69, 9.17) is 4.98 Å². The molecule has 0 radical (unpaired) electrons. The summed E-state index contributed by atoms with van der Waals surface area (Å²) in [6, 6.07) is 7.75. The summed E-state index contributed by atoms with van der Waals surface area (Å²) < 4.78 is 41.3. The molecular formula is C23H28FN3O3S. The minimum Gasteiger partial charge on any atom is -0.339 e. The summed E-state index contributed by atoms with van der Waals surface area (Å²) in [4.78, 5) is 19.6. The second-order valence-electron chi connectivity index (χ2n) is 8.47. The van der Waals surface area contributed by atoms with E-state index in [1.165, 1.54) is 16.4 Å². The summed E-state index contributed by atoms with van der Waals surface area (Å²) in [6.45, 7) is 5.68. The Bertz CT molecular complexity index is 1090. The fraction of sp³-hybridized carbons (Fsp3) is 0.478. The van der Waals surface area contributed by atoms with Gasteiger partial charge in [0.25, 0.3) is 5.91 Å². The zero-order valence-electron chi connectivity index (χ0n) is 18.0. The molecule has 3 heterocycles. The molecule has 2 aliphatic rings. The molecule has 2 aliphatic heterocycles. The lowest BCUT2D eigenvalue weighted by Crippen LogP contribution is -2.38. The van der Waals surface area contributed by atoms with E-state index < -0.39 is 15.8 Å². The Morgan fingerprint density at radius 1 is 1.03 bits per heavy atom. The normalized spacial score (nSPS) is 18.5. The maximum atomic E-state index is 13.9. The minimum atomic E-state index is -3.76. The van der Waals surface area contributed by atoms with Gasteiger partial charge in [-0.2, -0.15) is 4.31 Å². The number of aromatic nitrogens is 1. The Labute approximate surface area is 183 Å². The third kappa shape index (κ3) is 4.36. The lowest BCUT2D eigenvalue weighted by atomic mass is 9.90. The van der Waals surface area contributed by atoms with Gasteiger partial charge in [-0.3, -0.25) is 9.78 Å². The number of benzene rings is 1. The van der Waals surface area contributed by atoms with Gasteiger partial charge in [-0.25, -0.2) is 12.8 Å². The molecule has 1 aromatic heterocycles. The van der Waals surface area contributed by atoms with Crippen LogP contribution in [0.3, 0.4) is 0 Å². The van der Waals surface area contributed by atoms with Crippen LogP contribution in [0.25, 0.3) is 0 Å². The van der Waals surface area contributed by atoms with Crippen molar-refractivity contribution in [3.05, 3.63) is 58.7 Å². The smallest absolute Gasteiger partial charge is 0.255 e. The molecule has 0 spiro atoms. The van der Waals surface area contributed by atoms with Crippen LogP contribution in [-0.2, 0) is 10.0 Å². The molecule has 0 atom stereocenters. The first-order valence-corrected chi connectivity index (χ1v) is 12.2. The van der Waals surface area contributed by atoms with Crippen LogP contribution in [0.1, 0.15) is 58.9 Å². The zero-order chi connectivity index (χ0) is 22.2. The highest BCUT2D eigenvalue weighted by molar-refractivity contribution is 7.89. The highest BCUT2D eigenvalue weighted by atomic mass is 32.2. The lowest BCUT2D eigenvalue weighted by molar-refractivity contribution is 0.0790. The second-order valence-corrected chi connectivity index (χ2v) is 10.4. The highest BCUT2D eigenvalue weighted by Gasteiger charge is 2.33. The quantitative estimate of drug-likeness (QED) is 0.720. The van der Waals surface area contributed by atoms with Crippen molar-refractivity contribution < 1.29 is 17.6 Å². The number of sulfonamides is 1. The van der Waals surface area contributed by atoms with E-state index in [1.807, 2.05) is 24.0 Å². The number of piperidine rings is 1. The van der Waals surface area contributed by atoms with E-state index in [1.54, 1.807) is 6.92 Å². The van der Waals surface area contributed by atoms with Gasteiger partial charge in [-0.1, -0.05) is 6.07 Å². The number of hydrogen-bond acceptors (Lipinski definition) is 4. The molecule has 2 aromatic rings. The van der Waals surface area contributed by atoms with Gasteiger partial charge in [0.05, 0.1) is 16.2 Å². The number of hydrogen-bond donors (Lipinski definition) is 0. The van der Waals surface area contributed by atoms with Crippen LogP contribution in [0.5, 0.6) is 0 Å². The second kappa shape index (κ2) is 8.67. The molecule has 31 heavy (non-hydrogen) atoms. The Morgan fingerprint density at radius 2 is 1.71 bits per heavy atom. The molecule has 0 aliphatic carbocycles. The van der Waals surface area contributed by atoms with Crippen LogP contribution in [0.2, 0.25) is 0 Å². The van der Waals surface area contributed by atoms with E-state index in [0.29, 0.717) is 37.1 Å². The van der Waals surface area contributed by atoms with Gasteiger partial charge < -0.3 is 4.90 Å². The summed E-state index contributed by atoms with van der Waals surface area (Å²) in [5, 5.41) is 0. The first kappa shape index (κ1) is 21.9. The van der Waals surface area contributed by atoms with Gasteiger partial charge in [0.15, 0.2) is 0 Å². The maximum absolute atomic E-state index is 13.9. The number of carbonyl (C=O) groups excluding carboxylic acids is 1. The molecule has 8 heteroatoms. The number of aryl methyl sites for hydroxylation is 2. The lowest BCUT2D eigenvalue weighted by Gasteiger charge is -2.32. The number of halogens is 1. The zero-order valence-corrected chi connectivity index (χ0v) is 18.8. The first-order valence-electron chi connectivity index (χ1n) is 10.8. The Kier molecular flexibility index (Phi) is 6.12. The third-order valence-electron chi connectivity index (χ3n) is 6.31. The molecule has 166 valence electrons. The number of rotatable bonds is 4. The Balaban J connectivity index is 1.53. The number of pyridine rings is 1. The van der Waals surface area contributed by atoms with E-state index in [0.717, 1.165) is 43.4 Å². The average Bonchev–Trinajstić information content (AvgIpc) is 3.30. The average molecular weight is 446 g/mol. The summed E-state index contributed by atoms with van der Waals surface area (Å²) >= 11 is 0. The molecule has 0 bridgehead atoms. The molecule has 6 nitrogen and oxygen atoms in total. The molecule has 1 amide bonds. The van der Waals surface area contributed by atoms with Crippen molar-refractivity contribution in [1.29, 1.82) is 0 Å². The van der Waals surface area contributed by atoms with Crippen LogP contribution in [0.15, 0.2) is 35.2 Å². The largest absolute Gasteiger partial charge is 0.339 e. The monoisotopic (exact) mass is 445 g/mol. The number of nitrogens with zero attached hydrogens (tertiary/aromatic N) is 3. The van der Waals surface area contributed by atoms with Crippen LogP contribution in [0.4, 0.5) is 4.39 Å². The van der Waals surface area contributed by atoms with Crippen LogP contribution in [-0.4, -0.2) is 54.7 Å². The molecule has 2 saturated heterocycles. The fourth-order valence-electron chi connectivity index (χ4n) is 4.41. The van der Waals surface area contributed by atoms with Gasteiger partial charge in [-0.15, -0.1) is 0 Å². The van der Waals surface area contributed by atoms with Gasteiger partial charge in [0.1, 0.15) is 5.82 Å². The first-order chi connectivity index (χ1) is 14.8. The third-order valence-corrected chi connectivity index (χ3v) is 8.20. The molecular weight excluding hydrogens is 417 g/mol. The number of amides is 1. The minimum absolute atomic E-state index is 0.0163.